The van der Waals surface area contributed by atoms with Crippen LogP contribution in [0.25, 0.3) is 0 Å². The molecule has 14 heavy (non-hydrogen) atoms. The molecular weight excluding hydrogens is 174 g/mol. The van der Waals surface area contributed by atoms with Gasteiger partial charge in [-0.05, 0) is 25.7 Å². The molecule has 0 aliphatic heterocycles. The van der Waals surface area contributed by atoms with Crippen LogP contribution in [0.2, 0.25) is 0 Å². The molecule has 0 radical (unpaired) electrons. The van der Waals surface area contributed by atoms with Crippen molar-refractivity contribution in [2.45, 2.75) is 58.4 Å². The standard InChI is InChI=1S/C11H19N3/c1-3-5-10-12-13-11(9-6-7-9)14(10)8-4-2/h9H,3-8H2,1-2H3. The summed E-state index contributed by atoms with van der Waals surface area (Å²) < 4.78 is 2.35. The quantitative estimate of drug-likeness (QED) is 0.719. The van der Waals surface area contributed by atoms with Crippen molar-refractivity contribution in [1.29, 1.82) is 0 Å². The lowest BCUT2D eigenvalue weighted by molar-refractivity contribution is 0.603. The largest absolute Gasteiger partial charge is 0.315 e. The molecule has 1 saturated carbocycles. The fourth-order valence-electron chi connectivity index (χ4n) is 1.87. The molecule has 1 aromatic rings. The Morgan fingerprint density at radius 1 is 1.21 bits per heavy atom. The molecule has 1 heterocycles. The highest BCUT2D eigenvalue weighted by molar-refractivity contribution is 5.08. The number of hydrogen-bond donors (Lipinski definition) is 0. The van der Waals surface area contributed by atoms with Gasteiger partial charge in [0.1, 0.15) is 11.6 Å². The van der Waals surface area contributed by atoms with Crippen LogP contribution in [0.4, 0.5) is 0 Å². The maximum absolute atomic E-state index is 4.33. The first-order chi connectivity index (χ1) is 6.86. The summed E-state index contributed by atoms with van der Waals surface area (Å²) in [4.78, 5) is 0. The molecule has 0 saturated heterocycles. The van der Waals surface area contributed by atoms with Gasteiger partial charge in [0.05, 0.1) is 0 Å². The summed E-state index contributed by atoms with van der Waals surface area (Å²) in [6.07, 6.45) is 6.03. The second-order valence-corrected chi connectivity index (χ2v) is 4.15. The lowest BCUT2D eigenvalue weighted by atomic mass is 10.3. The smallest absolute Gasteiger partial charge is 0.136 e. The van der Waals surface area contributed by atoms with Crippen molar-refractivity contribution < 1.29 is 0 Å². The number of nitrogens with zero attached hydrogens (tertiary/aromatic N) is 3. The second kappa shape index (κ2) is 4.11. The SMILES string of the molecule is CCCc1nnc(C2CC2)n1CCC. The van der Waals surface area contributed by atoms with Gasteiger partial charge in [-0.2, -0.15) is 0 Å². The van der Waals surface area contributed by atoms with E-state index >= 15 is 0 Å². The Hall–Kier alpha value is -0.860. The molecule has 3 nitrogen and oxygen atoms in total. The molecule has 3 heteroatoms. The van der Waals surface area contributed by atoms with Gasteiger partial charge in [-0.25, -0.2) is 0 Å². The first-order valence-corrected chi connectivity index (χ1v) is 5.78. The third-order valence-electron chi connectivity index (χ3n) is 2.72. The highest BCUT2D eigenvalue weighted by atomic mass is 15.3. The number of hydrogen-bond acceptors (Lipinski definition) is 2. The van der Waals surface area contributed by atoms with E-state index in [4.69, 9.17) is 0 Å². The van der Waals surface area contributed by atoms with Gasteiger partial charge in [-0.15, -0.1) is 10.2 Å². The van der Waals surface area contributed by atoms with Crippen molar-refractivity contribution in [1.82, 2.24) is 14.8 Å². The fourth-order valence-corrected chi connectivity index (χ4v) is 1.87. The van der Waals surface area contributed by atoms with E-state index in [2.05, 4.69) is 28.6 Å². The molecular formula is C11H19N3. The Balaban J connectivity index is 2.21. The Kier molecular flexibility index (Phi) is 2.85. The summed E-state index contributed by atoms with van der Waals surface area (Å²) in [5, 5.41) is 8.63. The molecule has 0 spiro atoms. The third-order valence-corrected chi connectivity index (χ3v) is 2.72. The van der Waals surface area contributed by atoms with Crippen molar-refractivity contribution in [2.24, 2.45) is 0 Å². The van der Waals surface area contributed by atoms with Gasteiger partial charge < -0.3 is 4.57 Å². The van der Waals surface area contributed by atoms with E-state index in [9.17, 15) is 0 Å². The fraction of sp³-hybridized carbons (Fsp3) is 0.818. The average Bonchev–Trinajstić information content (AvgIpc) is 2.94. The first-order valence-electron chi connectivity index (χ1n) is 5.78. The van der Waals surface area contributed by atoms with Crippen molar-refractivity contribution in [2.75, 3.05) is 0 Å². The zero-order valence-corrected chi connectivity index (χ0v) is 9.16. The normalized spacial score (nSPS) is 16.1. The van der Waals surface area contributed by atoms with E-state index in [1.165, 1.54) is 30.9 Å². The minimum atomic E-state index is 0.722. The molecule has 0 atom stereocenters. The summed E-state index contributed by atoms with van der Waals surface area (Å²) in [5.74, 6) is 3.16. The van der Waals surface area contributed by atoms with Crippen LogP contribution in [-0.4, -0.2) is 14.8 Å². The zero-order valence-electron chi connectivity index (χ0n) is 9.16. The molecule has 0 aromatic carbocycles. The van der Waals surface area contributed by atoms with E-state index < -0.39 is 0 Å². The Morgan fingerprint density at radius 3 is 2.57 bits per heavy atom. The van der Waals surface area contributed by atoms with Crippen molar-refractivity contribution >= 4 is 0 Å². The Labute approximate surface area is 85.5 Å². The minimum Gasteiger partial charge on any atom is -0.315 e. The predicted molar refractivity (Wildman–Crippen MR) is 56.3 cm³/mol. The van der Waals surface area contributed by atoms with Crippen LogP contribution >= 0.6 is 0 Å². The van der Waals surface area contributed by atoms with E-state index in [0.717, 1.165) is 25.3 Å². The van der Waals surface area contributed by atoms with Gasteiger partial charge in [0.25, 0.3) is 0 Å². The minimum absolute atomic E-state index is 0.722. The molecule has 0 amide bonds. The van der Waals surface area contributed by atoms with Crippen LogP contribution < -0.4 is 0 Å². The van der Waals surface area contributed by atoms with Gasteiger partial charge >= 0.3 is 0 Å². The number of aromatic nitrogens is 3. The summed E-state index contributed by atoms with van der Waals surface area (Å²) in [7, 11) is 0. The van der Waals surface area contributed by atoms with Crippen LogP contribution in [0.1, 0.15) is 57.1 Å². The van der Waals surface area contributed by atoms with E-state index in [-0.39, 0.29) is 0 Å². The lowest BCUT2D eigenvalue weighted by Crippen LogP contribution is -2.06. The van der Waals surface area contributed by atoms with Gasteiger partial charge in [0.2, 0.25) is 0 Å². The number of rotatable bonds is 5. The van der Waals surface area contributed by atoms with Crippen LogP contribution in [0.5, 0.6) is 0 Å². The van der Waals surface area contributed by atoms with Crippen LogP contribution in [-0.2, 0) is 13.0 Å². The van der Waals surface area contributed by atoms with Crippen LogP contribution in [0, 0.1) is 0 Å². The molecule has 0 bridgehead atoms. The van der Waals surface area contributed by atoms with Gasteiger partial charge in [-0.3, -0.25) is 0 Å². The molecule has 0 unspecified atom stereocenters. The summed E-state index contributed by atoms with van der Waals surface area (Å²) >= 11 is 0. The van der Waals surface area contributed by atoms with Gasteiger partial charge in [0, 0.05) is 18.9 Å². The zero-order chi connectivity index (χ0) is 9.97. The highest BCUT2D eigenvalue weighted by Gasteiger charge is 2.29. The maximum Gasteiger partial charge on any atom is 0.136 e. The summed E-state index contributed by atoms with van der Waals surface area (Å²) in [5.41, 5.74) is 0. The van der Waals surface area contributed by atoms with Gasteiger partial charge in [-0.1, -0.05) is 13.8 Å². The van der Waals surface area contributed by atoms with Gasteiger partial charge in [0.15, 0.2) is 0 Å². The second-order valence-electron chi connectivity index (χ2n) is 4.15. The van der Waals surface area contributed by atoms with E-state index in [1.807, 2.05) is 0 Å². The summed E-state index contributed by atoms with van der Waals surface area (Å²) in [6, 6.07) is 0. The van der Waals surface area contributed by atoms with Crippen molar-refractivity contribution in [3.05, 3.63) is 11.6 Å². The Morgan fingerprint density at radius 2 is 2.00 bits per heavy atom. The van der Waals surface area contributed by atoms with Crippen LogP contribution in [0.3, 0.4) is 0 Å². The lowest BCUT2D eigenvalue weighted by Gasteiger charge is -2.07. The van der Waals surface area contributed by atoms with E-state index in [1.54, 1.807) is 0 Å². The Bertz CT molecular complexity index is 299. The summed E-state index contributed by atoms with van der Waals surface area (Å²) in [6.45, 7) is 5.50. The predicted octanol–water partition coefficient (Wildman–Crippen LogP) is 2.52. The molecule has 1 aromatic heterocycles. The monoisotopic (exact) mass is 193 g/mol. The molecule has 2 rings (SSSR count). The van der Waals surface area contributed by atoms with Crippen LogP contribution in [0.15, 0.2) is 0 Å². The van der Waals surface area contributed by atoms with Crippen molar-refractivity contribution in [3.63, 3.8) is 0 Å². The van der Waals surface area contributed by atoms with E-state index in [0.29, 0.717) is 0 Å². The molecule has 1 aliphatic rings. The average molecular weight is 193 g/mol. The molecule has 0 N–H and O–H groups in total. The topological polar surface area (TPSA) is 30.7 Å². The first kappa shape index (κ1) is 9.69. The van der Waals surface area contributed by atoms with Crippen molar-refractivity contribution in [3.8, 4) is 0 Å². The molecule has 1 aliphatic carbocycles. The maximum atomic E-state index is 4.33. The molecule has 1 fully saturated rings. The number of aryl methyl sites for hydroxylation is 1. The highest BCUT2D eigenvalue weighted by Crippen LogP contribution is 2.39. The molecule has 78 valence electrons. The third kappa shape index (κ3) is 1.81.